The van der Waals surface area contributed by atoms with E-state index in [2.05, 4.69) is 19.2 Å². The first-order chi connectivity index (χ1) is 4.70. The molecule has 0 bridgehead atoms. The minimum absolute atomic E-state index is 0.333. The molecule has 0 aliphatic carbocycles. The van der Waals surface area contributed by atoms with Crippen LogP contribution in [-0.4, -0.2) is 19.6 Å². The monoisotopic (exact) mass is 144 g/mol. The van der Waals surface area contributed by atoms with Crippen LogP contribution in [0.4, 0.5) is 0 Å². The van der Waals surface area contributed by atoms with Gasteiger partial charge in [0.1, 0.15) is 0 Å². The van der Waals surface area contributed by atoms with Crippen molar-refractivity contribution in [2.24, 2.45) is 11.7 Å². The van der Waals surface area contributed by atoms with Crippen LogP contribution in [0.1, 0.15) is 26.7 Å². The summed E-state index contributed by atoms with van der Waals surface area (Å²) in [6, 6.07) is 0.333. The van der Waals surface area contributed by atoms with Gasteiger partial charge in [-0.05, 0) is 19.4 Å². The first-order valence-electron chi connectivity index (χ1n) is 4.10. The van der Waals surface area contributed by atoms with Crippen molar-refractivity contribution in [1.29, 1.82) is 0 Å². The average Bonchev–Trinajstić information content (AvgIpc) is 1.88. The molecule has 2 atom stereocenters. The summed E-state index contributed by atoms with van der Waals surface area (Å²) in [6.07, 6.45) is 2.37. The molecule has 0 unspecified atom stereocenters. The predicted molar refractivity (Wildman–Crippen MR) is 46.0 cm³/mol. The lowest BCUT2D eigenvalue weighted by Crippen LogP contribution is -2.33. The predicted octanol–water partition coefficient (Wildman–Crippen LogP) is 0.969. The SMILES string of the molecule is CC[C@H](C)C[C@H](N)CNC. The molecule has 10 heavy (non-hydrogen) atoms. The quantitative estimate of drug-likeness (QED) is 0.603. The molecule has 0 saturated heterocycles. The van der Waals surface area contributed by atoms with Crippen molar-refractivity contribution < 1.29 is 0 Å². The fourth-order valence-electron chi connectivity index (χ4n) is 1.03. The summed E-state index contributed by atoms with van der Waals surface area (Å²) < 4.78 is 0. The maximum Gasteiger partial charge on any atom is 0.0167 e. The summed E-state index contributed by atoms with van der Waals surface area (Å²) >= 11 is 0. The normalized spacial score (nSPS) is 16.8. The second-order valence-corrected chi connectivity index (χ2v) is 3.07. The van der Waals surface area contributed by atoms with Gasteiger partial charge in [-0.3, -0.25) is 0 Å². The second-order valence-electron chi connectivity index (χ2n) is 3.07. The van der Waals surface area contributed by atoms with Gasteiger partial charge in [-0.15, -0.1) is 0 Å². The lowest BCUT2D eigenvalue weighted by Gasteiger charge is -2.14. The molecular formula is C8H20N2. The minimum Gasteiger partial charge on any atom is -0.327 e. The van der Waals surface area contributed by atoms with E-state index in [1.54, 1.807) is 0 Å². The van der Waals surface area contributed by atoms with E-state index in [0.717, 1.165) is 18.9 Å². The Morgan fingerprint density at radius 1 is 1.50 bits per heavy atom. The zero-order valence-electron chi connectivity index (χ0n) is 7.35. The Bertz CT molecular complexity index is 73.7. The molecule has 0 aromatic heterocycles. The molecule has 0 heterocycles. The Balaban J connectivity index is 3.27. The number of nitrogens with one attached hydrogen (secondary N) is 1. The summed E-state index contributed by atoms with van der Waals surface area (Å²) in [5.74, 6) is 0.767. The molecule has 0 aromatic carbocycles. The molecule has 0 amide bonds. The van der Waals surface area contributed by atoms with E-state index in [1.807, 2.05) is 7.05 Å². The van der Waals surface area contributed by atoms with Gasteiger partial charge in [0, 0.05) is 12.6 Å². The summed E-state index contributed by atoms with van der Waals surface area (Å²) in [6.45, 7) is 5.39. The van der Waals surface area contributed by atoms with Gasteiger partial charge in [0.2, 0.25) is 0 Å². The summed E-state index contributed by atoms with van der Waals surface area (Å²) in [5, 5.41) is 3.07. The van der Waals surface area contributed by atoms with Crippen molar-refractivity contribution in [2.45, 2.75) is 32.7 Å². The highest BCUT2D eigenvalue weighted by Crippen LogP contribution is 2.07. The van der Waals surface area contributed by atoms with E-state index in [4.69, 9.17) is 5.73 Å². The van der Waals surface area contributed by atoms with Crippen LogP contribution in [0, 0.1) is 5.92 Å². The molecule has 0 saturated carbocycles. The van der Waals surface area contributed by atoms with Crippen molar-refractivity contribution in [3.8, 4) is 0 Å². The van der Waals surface area contributed by atoms with Crippen LogP contribution < -0.4 is 11.1 Å². The highest BCUT2D eigenvalue weighted by Gasteiger charge is 2.05. The van der Waals surface area contributed by atoms with Crippen molar-refractivity contribution in [2.75, 3.05) is 13.6 Å². The summed E-state index contributed by atoms with van der Waals surface area (Å²) in [4.78, 5) is 0. The third-order valence-electron chi connectivity index (χ3n) is 1.87. The third kappa shape index (κ3) is 4.77. The van der Waals surface area contributed by atoms with Gasteiger partial charge in [0.25, 0.3) is 0 Å². The Morgan fingerprint density at radius 3 is 2.50 bits per heavy atom. The minimum atomic E-state index is 0.333. The lowest BCUT2D eigenvalue weighted by molar-refractivity contribution is 0.442. The first-order valence-corrected chi connectivity index (χ1v) is 4.10. The van der Waals surface area contributed by atoms with E-state index >= 15 is 0 Å². The Hall–Kier alpha value is -0.0800. The van der Waals surface area contributed by atoms with Crippen LogP contribution in [0.3, 0.4) is 0 Å². The molecule has 0 rings (SSSR count). The van der Waals surface area contributed by atoms with Gasteiger partial charge >= 0.3 is 0 Å². The van der Waals surface area contributed by atoms with E-state index in [9.17, 15) is 0 Å². The van der Waals surface area contributed by atoms with Gasteiger partial charge in [-0.2, -0.15) is 0 Å². The molecule has 2 nitrogen and oxygen atoms in total. The fraction of sp³-hybridized carbons (Fsp3) is 1.00. The number of hydrogen-bond donors (Lipinski definition) is 2. The van der Waals surface area contributed by atoms with Crippen LogP contribution in [0.5, 0.6) is 0 Å². The number of likely N-dealkylation sites (N-methyl/N-ethyl adjacent to an activating group) is 1. The van der Waals surface area contributed by atoms with Gasteiger partial charge in [-0.25, -0.2) is 0 Å². The number of hydrogen-bond acceptors (Lipinski definition) is 2. The summed E-state index contributed by atoms with van der Waals surface area (Å²) in [5.41, 5.74) is 5.80. The molecule has 0 fully saturated rings. The van der Waals surface area contributed by atoms with Gasteiger partial charge in [0.05, 0.1) is 0 Å². The zero-order chi connectivity index (χ0) is 7.98. The molecule has 2 heteroatoms. The van der Waals surface area contributed by atoms with Crippen LogP contribution >= 0.6 is 0 Å². The number of rotatable bonds is 5. The Labute approximate surface area is 64.2 Å². The molecule has 3 N–H and O–H groups in total. The topological polar surface area (TPSA) is 38.0 Å². The van der Waals surface area contributed by atoms with Gasteiger partial charge < -0.3 is 11.1 Å². The standard InChI is InChI=1S/C8H20N2/c1-4-7(2)5-8(9)6-10-3/h7-8,10H,4-6,9H2,1-3H3/t7-,8-/m0/s1. The van der Waals surface area contributed by atoms with Crippen molar-refractivity contribution >= 4 is 0 Å². The van der Waals surface area contributed by atoms with Gasteiger partial charge in [-0.1, -0.05) is 20.3 Å². The lowest BCUT2D eigenvalue weighted by atomic mass is 10.00. The maximum absolute atomic E-state index is 5.80. The van der Waals surface area contributed by atoms with E-state index in [0.29, 0.717) is 6.04 Å². The van der Waals surface area contributed by atoms with Crippen molar-refractivity contribution in [3.63, 3.8) is 0 Å². The van der Waals surface area contributed by atoms with E-state index in [-0.39, 0.29) is 0 Å². The third-order valence-corrected chi connectivity index (χ3v) is 1.87. The van der Waals surface area contributed by atoms with Crippen molar-refractivity contribution in [1.82, 2.24) is 5.32 Å². The highest BCUT2D eigenvalue weighted by molar-refractivity contribution is 4.66. The molecule has 62 valence electrons. The highest BCUT2D eigenvalue weighted by atomic mass is 14.9. The molecule has 0 spiro atoms. The van der Waals surface area contributed by atoms with Crippen LogP contribution in [-0.2, 0) is 0 Å². The molecular weight excluding hydrogens is 124 g/mol. The molecule has 0 aromatic rings. The first kappa shape index (κ1) is 9.92. The van der Waals surface area contributed by atoms with E-state index in [1.165, 1.54) is 6.42 Å². The fourth-order valence-corrected chi connectivity index (χ4v) is 1.03. The Morgan fingerprint density at radius 2 is 2.10 bits per heavy atom. The van der Waals surface area contributed by atoms with E-state index < -0.39 is 0 Å². The van der Waals surface area contributed by atoms with Crippen LogP contribution in [0.2, 0.25) is 0 Å². The number of nitrogens with two attached hydrogens (primary N) is 1. The van der Waals surface area contributed by atoms with Crippen LogP contribution in [0.15, 0.2) is 0 Å². The Kier molecular flexibility index (Phi) is 5.64. The molecule has 0 radical (unpaired) electrons. The zero-order valence-corrected chi connectivity index (χ0v) is 7.35. The van der Waals surface area contributed by atoms with Crippen molar-refractivity contribution in [3.05, 3.63) is 0 Å². The molecule has 0 aliphatic heterocycles. The molecule has 0 aliphatic rings. The van der Waals surface area contributed by atoms with Crippen LogP contribution in [0.25, 0.3) is 0 Å². The average molecular weight is 144 g/mol. The summed E-state index contributed by atoms with van der Waals surface area (Å²) in [7, 11) is 1.94. The largest absolute Gasteiger partial charge is 0.327 e. The maximum atomic E-state index is 5.80. The smallest absolute Gasteiger partial charge is 0.0167 e. The van der Waals surface area contributed by atoms with Gasteiger partial charge in [0.15, 0.2) is 0 Å². The second kappa shape index (κ2) is 5.69.